The van der Waals surface area contributed by atoms with E-state index in [4.69, 9.17) is 9.47 Å². The average molecular weight is 413 g/mol. The molecular weight excluding hydrogens is 389 g/mol. The minimum atomic E-state index is -0.785. The number of ether oxygens (including phenoxy) is 2. The van der Waals surface area contributed by atoms with Gasteiger partial charge < -0.3 is 19.5 Å². The molecule has 6 nitrogen and oxygen atoms in total. The van der Waals surface area contributed by atoms with E-state index >= 15 is 0 Å². The van der Waals surface area contributed by atoms with Crippen molar-refractivity contribution in [1.29, 1.82) is 0 Å². The second-order valence-corrected chi connectivity index (χ2v) is 6.85. The average Bonchev–Trinajstić information content (AvgIpc) is 2.99. The van der Waals surface area contributed by atoms with Crippen molar-refractivity contribution in [3.63, 3.8) is 0 Å². The van der Waals surface area contributed by atoms with Crippen LogP contribution < -0.4 is 4.74 Å². The van der Waals surface area contributed by atoms with Gasteiger partial charge in [0.1, 0.15) is 17.3 Å². The lowest BCUT2D eigenvalue weighted by Gasteiger charge is -2.25. The van der Waals surface area contributed by atoms with Crippen LogP contribution in [-0.4, -0.2) is 48.6 Å². The van der Waals surface area contributed by atoms with Gasteiger partial charge in [-0.1, -0.05) is 12.1 Å². The quantitative estimate of drug-likeness (QED) is 0.309. The second-order valence-electron chi connectivity index (χ2n) is 6.85. The van der Waals surface area contributed by atoms with Crippen LogP contribution in [0.1, 0.15) is 30.5 Å². The molecule has 2 aromatic rings. The number of hydrogen-bond acceptors (Lipinski definition) is 5. The van der Waals surface area contributed by atoms with E-state index in [0.29, 0.717) is 30.9 Å². The Morgan fingerprint density at radius 3 is 2.57 bits per heavy atom. The molecule has 0 saturated carbocycles. The summed E-state index contributed by atoms with van der Waals surface area (Å²) in [4.78, 5) is 27.1. The lowest BCUT2D eigenvalue weighted by atomic mass is 9.95. The number of nitrogens with zero attached hydrogens (tertiary/aromatic N) is 1. The Morgan fingerprint density at radius 2 is 1.90 bits per heavy atom. The number of amides is 1. The van der Waals surface area contributed by atoms with Crippen molar-refractivity contribution in [2.45, 2.75) is 19.4 Å². The molecular formula is C23H24FNO5. The minimum absolute atomic E-state index is 0.0299. The summed E-state index contributed by atoms with van der Waals surface area (Å²) in [5.41, 5.74) is 0.871. The maximum atomic E-state index is 13.3. The first kappa shape index (κ1) is 21.5. The Labute approximate surface area is 174 Å². The molecule has 1 heterocycles. The van der Waals surface area contributed by atoms with Gasteiger partial charge in [0.05, 0.1) is 18.2 Å². The lowest BCUT2D eigenvalue weighted by Crippen LogP contribution is -2.31. The molecule has 30 heavy (non-hydrogen) atoms. The molecule has 1 N–H and O–H groups in total. The molecule has 0 bridgehead atoms. The zero-order valence-corrected chi connectivity index (χ0v) is 16.9. The lowest BCUT2D eigenvalue weighted by molar-refractivity contribution is -0.140. The SMILES string of the molecule is CCOc1cccc(C2/C(=C(/O)c3ccc(F)cc3)C(=O)C(=O)N2CCCOC)c1. The van der Waals surface area contributed by atoms with Crippen LogP contribution in [-0.2, 0) is 14.3 Å². The Balaban J connectivity index is 2.11. The third-order valence-electron chi connectivity index (χ3n) is 4.89. The van der Waals surface area contributed by atoms with E-state index < -0.39 is 23.5 Å². The van der Waals surface area contributed by atoms with Crippen LogP contribution >= 0.6 is 0 Å². The molecule has 1 atom stereocenters. The molecule has 1 fully saturated rings. The van der Waals surface area contributed by atoms with Gasteiger partial charge in [-0.2, -0.15) is 0 Å². The van der Waals surface area contributed by atoms with E-state index in [2.05, 4.69) is 0 Å². The molecule has 2 aromatic carbocycles. The number of aliphatic hydroxyl groups is 1. The van der Waals surface area contributed by atoms with Gasteiger partial charge in [-0.25, -0.2) is 4.39 Å². The van der Waals surface area contributed by atoms with Crippen LogP contribution in [0.15, 0.2) is 54.1 Å². The van der Waals surface area contributed by atoms with E-state index in [1.54, 1.807) is 31.4 Å². The standard InChI is InChI=1S/C23H24FNO5/c1-3-30-18-7-4-6-16(14-18)20-19(21(26)15-8-10-17(24)11-9-15)22(27)23(28)25(20)12-5-13-29-2/h4,6-11,14,20,26H,3,5,12-13H2,1-2H3/b21-19-. The number of rotatable bonds is 8. The Bertz CT molecular complexity index is 954. The number of hydrogen-bond donors (Lipinski definition) is 1. The van der Waals surface area contributed by atoms with Crippen LogP contribution in [0.25, 0.3) is 5.76 Å². The summed E-state index contributed by atoms with van der Waals surface area (Å²) in [6.07, 6.45) is 0.530. The predicted molar refractivity (Wildman–Crippen MR) is 110 cm³/mol. The highest BCUT2D eigenvalue weighted by atomic mass is 19.1. The summed E-state index contributed by atoms with van der Waals surface area (Å²) in [5.74, 6) is -1.68. The fourth-order valence-corrected chi connectivity index (χ4v) is 3.54. The molecule has 1 aliphatic heterocycles. The first-order valence-electron chi connectivity index (χ1n) is 9.74. The normalized spacial score (nSPS) is 18.1. The third-order valence-corrected chi connectivity index (χ3v) is 4.89. The summed E-state index contributed by atoms with van der Waals surface area (Å²) in [6.45, 7) is 3.03. The number of ketones is 1. The van der Waals surface area contributed by atoms with Gasteiger partial charge in [-0.05, 0) is 55.3 Å². The van der Waals surface area contributed by atoms with E-state index in [0.717, 1.165) is 0 Å². The number of likely N-dealkylation sites (tertiary alicyclic amines) is 1. The van der Waals surface area contributed by atoms with E-state index in [1.165, 1.54) is 29.2 Å². The molecule has 0 spiro atoms. The highest BCUT2D eigenvalue weighted by Crippen LogP contribution is 2.40. The zero-order chi connectivity index (χ0) is 21.7. The molecule has 0 aromatic heterocycles. The van der Waals surface area contributed by atoms with Crippen molar-refractivity contribution in [3.05, 3.63) is 71.0 Å². The number of aliphatic hydroxyl groups excluding tert-OH is 1. The van der Waals surface area contributed by atoms with E-state index in [1.807, 2.05) is 6.92 Å². The third kappa shape index (κ3) is 4.36. The molecule has 1 unspecified atom stereocenters. The largest absolute Gasteiger partial charge is 0.507 e. The van der Waals surface area contributed by atoms with E-state index in [9.17, 15) is 19.1 Å². The fraction of sp³-hybridized carbons (Fsp3) is 0.304. The van der Waals surface area contributed by atoms with Gasteiger partial charge in [0.15, 0.2) is 0 Å². The number of benzene rings is 2. The summed E-state index contributed by atoms with van der Waals surface area (Å²) >= 11 is 0. The van der Waals surface area contributed by atoms with Crippen molar-refractivity contribution in [2.75, 3.05) is 26.9 Å². The van der Waals surface area contributed by atoms with Crippen molar-refractivity contribution in [2.24, 2.45) is 0 Å². The van der Waals surface area contributed by atoms with Crippen LogP contribution in [0.4, 0.5) is 4.39 Å². The Hall–Kier alpha value is -3.19. The topological polar surface area (TPSA) is 76.1 Å². The number of carbonyl (C=O) groups excluding carboxylic acids is 2. The Kier molecular flexibility index (Phi) is 6.84. The van der Waals surface area contributed by atoms with Gasteiger partial charge in [0.25, 0.3) is 11.7 Å². The molecule has 1 amide bonds. The van der Waals surface area contributed by atoms with Gasteiger partial charge >= 0.3 is 0 Å². The predicted octanol–water partition coefficient (Wildman–Crippen LogP) is 3.68. The summed E-state index contributed by atoms with van der Waals surface area (Å²) in [5, 5.41) is 10.9. The molecule has 1 saturated heterocycles. The first-order valence-corrected chi connectivity index (χ1v) is 9.74. The maximum absolute atomic E-state index is 13.3. The summed E-state index contributed by atoms with van der Waals surface area (Å²) in [6, 6.07) is 11.4. The molecule has 0 aliphatic carbocycles. The number of Topliss-reactive ketones (excluding diaryl/α,β-unsaturated/α-hetero) is 1. The van der Waals surface area contributed by atoms with Gasteiger partial charge in [0.2, 0.25) is 0 Å². The Morgan fingerprint density at radius 1 is 1.17 bits per heavy atom. The van der Waals surface area contributed by atoms with Crippen LogP contribution in [0.2, 0.25) is 0 Å². The van der Waals surface area contributed by atoms with Crippen molar-refractivity contribution in [1.82, 2.24) is 4.90 Å². The van der Waals surface area contributed by atoms with Gasteiger partial charge in [-0.3, -0.25) is 9.59 Å². The summed E-state index contributed by atoms with van der Waals surface area (Å²) < 4.78 is 23.9. The minimum Gasteiger partial charge on any atom is -0.507 e. The smallest absolute Gasteiger partial charge is 0.295 e. The highest BCUT2D eigenvalue weighted by molar-refractivity contribution is 6.46. The first-order chi connectivity index (χ1) is 14.5. The summed E-state index contributed by atoms with van der Waals surface area (Å²) in [7, 11) is 1.56. The highest BCUT2D eigenvalue weighted by Gasteiger charge is 2.45. The number of methoxy groups -OCH3 is 1. The second kappa shape index (κ2) is 9.54. The molecule has 158 valence electrons. The van der Waals surface area contributed by atoms with Crippen LogP contribution in [0.3, 0.4) is 0 Å². The van der Waals surface area contributed by atoms with Gasteiger partial charge in [-0.15, -0.1) is 0 Å². The van der Waals surface area contributed by atoms with E-state index in [-0.39, 0.29) is 23.4 Å². The van der Waals surface area contributed by atoms with Crippen LogP contribution in [0, 0.1) is 5.82 Å². The number of halogens is 1. The van der Waals surface area contributed by atoms with Crippen LogP contribution in [0.5, 0.6) is 5.75 Å². The molecule has 3 rings (SSSR count). The number of carbonyl (C=O) groups is 2. The maximum Gasteiger partial charge on any atom is 0.295 e. The van der Waals surface area contributed by atoms with Crippen molar-refractivity contribution < 1.29 is 28.6 Å². The zero-order valence-electron chi connectivity index (χ0n) is 16.9. The van der Waals surface area contributed by atoms with Crippen molar-refractivity contribution >= 4 is 17.4 Å². The van der Waals surface area contributed by atoms with Crippen molar-refractivity contribution in [3.8, 4) is 5.75 Å². The molecule has 1 aliphatic rings. The van der Waals surface area contributed by atoms with Gasteiger partial charge in [0, 0.05) is 25.8 Å². The fourth-order valence-electron chi connectivity index (χ4n) is 3.54. The molecule has 7 heteroatoms. The monoisotopic (exact) mass is 413 g/mol. The molecule has 0 radical (unpaired) electrons.